The molecule has 5 nitrogen and oxygen atoms in total. The standard InChI is InChI=1S/C21H19ClO5/c1-12-16(26-19(23)13-3-5-15(22)6-4-13)7-9-21(2)17(12)20(24)27-18(21)14-8-10-25-11-14/h3-6,8,10-11,16,18H,7,9H2,1-2H3/t16-,18+,21-/m1/s1. The van der Waals surface area contributed by atoms with Gasteiger partial charge >= 0.3 is 11.9 Å². The van der Waals surface area contributed by atoms with E-state index >= 15 is 0 Å². The molecule has 1 aliphatic heterocycles. The highest BCUT2D eigenvalue weighted by Gasteiger charge is 2.54. The molecule has 1 fully saturated rings. The van der Waals surface area contributed by atoms with Crippen molar-refractivity contribution in [2.75, 3.05) is 0 Å². The van der Waals surface area contributed by atoms with E-state index in [0.717, 1.165) is 11.1 Å². The molecule has 4 rings (SSSR count). The third-order valence-electron chi connectivity index (χ3n) is 5.56. The van der Waals surface area contributed by atoms with Gasteiger partial charge in [0.2, 0.25) is 0 Å². The number of ether oxygens (including phenoxy) is 2. The summed E-state index contributed by atoms with van der Waals surface area (Å²) in [6.45, 7) is 3.86. The first kappa shape index (κ1) is 17.9. The third kappa shape index (κ3) is 2.96. The molecule has 2 aromatic rings. The van der Waals surface area contributed by atoms with Gasteiger partial charge in [-0.2, -0.15) is 0 Å². The molecule has 3 atom stereocenters. The Labute approximate surface area is 161 Å². The molecule has 27 heavy (non-hydrogen) atoms. The molecular weight excluding hydrogens is 368 g/mol. The second-order valence-electron chi connectivity index (χ2n) is 7.26. The molecular formula is C21H19ClO5. The van der Waals surface area contributed by atoms with E-state index in [2.05, 4.69) is 0 Å². The molecule has 1 aromatic heterocycles. The first-order valence-electron chi connectivity index (χ1n) is 8.81. The Balaban J connectivity index is 1.61. The van der Waals surface area contributed by atoms with Gasteiger partial charge < -0.3 is 13.9 Å². The van der Waals surface area contributed by atoms with Crippen LogP contribution in [0.2, 0.25) is 5.02 Å². The molecule has 0 unspecified atom stereocenters. The summed E-state index contributed by atoms with van der Waals surface area (Å²) in [6.07, 6.45) is 3.62. The predicted molar refractivity (Wildman–Crippen MR) is 98.2 cm³/mol. The number of benzene rings is 1. The van der Waals surface area contributed by atoms with Crippen LogP contribution in [-0.2, 0) is 14.3 Å². The number of rotatable bonds is 3. The SMILES string of the molecule is CC1=C2C(=O)O[C@@H](c3ccoc3)[C@]2(C)CC[C@H]1OC(=O)c1ccc(Cl)cc1. The molecule has 1 saturated heterocycles. The number of halogens is 1. The Morgan fingerprint density at radius 3 is 2.67 bits per heavy atom. The average molecular weight is 387 g/mol. The fourth-order valence-corrected chi connectivity index (χ4v) is 4.25. The van der Waals surface area contributed by atoms with Gasteiger partial charge in [-0.15, -0.1) is 0 Å². The highest BCUT2D eigenvalue weighted by atomic mass is 35.5. The Kier molecular flexibility index (Phi) is 4.35. The van der Waals surface area contributed by atoms with Crippen molar-refractivity contribution in [2.45, 2.75) is 38.9 Å². The zero-order valence-electron chi connectivity index (χ0n) is 15.0. The fourth-order valence-electron chi connectivity index (χ4n) is 4.13. The number of cyclic esters (lactones) is 1. The number of hydrogen-bond donors (Lipinski definition) is 0. The van der Waals surface area contributed by atoms with Gasteiger partial charge in [0.25, 0.3) is 0 Å². The van der Waals surface area contributed by atoms with Gasteiger partial charge in [0, 0.05) is 21.6 Å². The summed E-state index contributed by atoms with van der Waals surface area (Å²) in [6, 6.07) is 8.35. The van der Waals surface area contributed by atoms with Crippen LogP contribution >= 0.6 is 11.6 Å². The van der Waals surface area contributed by atoms with E-state index in [-0.39, 0.29) is 12.1 Å². The molecule has 1 aromatic carbocycles. The minimum atomic E-state index is -0.464. The van der Waals surface area contributed by atoms with Crippen molar-refractivity contribution in [2.24, 2.45) is 5.41 Å². The van der Waals surface area contributed by atoms with Crippen molar-refractivity contribution >= 4 is 23.5 Å². The van der Waals surface area contributed by atoms with Crippen molar-refractivity contribution in [3.05, 3.63) is 70.2 Å². The van der Waals surface area contributed by atoms with Crippen LogP contribution in [0.5, 0.6) is 0 Å². The number of hydrogen-bond acceptors (Lipinski definition) is 5. The summed E-state index contributed by atoms with van der Waals surface area (Å²) in [5, 5.41) is 0.553. The van der Waals surface area contributed by atoms with Gasteiger partial charge in [-0.25, -0.2) is 9.59 Å². The lowest BCUT2D eigenvalue weighted by Crippen LogP contribution is -2.34. The minimum Gasteiger partial charge on any atom is -0.472 e. The highest BCUT2D eigenvalue weighted by Crippen LogP contribution is 2.56. The molecule has 1 aliphatic carbocycles. The van der Waals surface area contributed by atoms with Crippen LogP contribution in [0.1, 0.15) is 48.7 Å². The van der Waals surface area contributed by atoms with Gasteiger partial charge in [0.1, 0.15) is 12.2 Å². The van der Waals surface area contributed by atoms with Crippen molar-refractivity contribution in [3.8, 4) is 0 Å². The molecule has 0 N–H and O–H groups in total. The minimum absolute atomic E-state index is 0.353. The molecule has 0 radical (unpaired) electrons. The van der Waals surface area contributed by atoms with Gasteiger partial charge in [-0.1, -0.05) is 18.5 Å². The maximum absolute atomic E-state index is 12.6. The second kappa shape index (κ2) is 6.57. The molecule has 0 bridgehead atoms. The smallest absolute Gasteiger partial charge is 0.338 e. The average Bonchev–Trinajstić information content (AvgIpc) is 3.25. The van der Waals surface area contributed by atoms with Crippen LogP contribution in [0.3, 0.4) is 0 Å². The quantitative estimate of drug-likeness (QED) is 0.704. The van der Waals surface area contributed by atoms with E-state index < -0.39 is 17.5 Å². The fraction of sp³-hybridized carbons (Fsp3) is 0.333. The topological polar surface area (TPSA) is 65.7 Å². The van der Waals surface area contributed by atoms with Crippen molar-refractivity contribution in [3.63, 3.8) is 0 Å². The lowest BCUT2D eigenvalue weighted by Gasteiger charge is -2.36. The van der Waals surface area contributed by atoms with Crippen LogP contribution in [0.4, 0.5) is 0 Å². The normalized spacial score (nSPS) is 27.3. The summed E-state index contributed by atoms with van der Waals surface area (Å²) in [7, 11) is 0. The molecule has 2 heterocycles. The van der Waals surface area contributed by atoms with Crippen LogP contribution < -0.4 is 0 Å². The van der Waals surface area contributed by atoms with Gasteiger partial charge in [-0.3, -0.25) is 0 Å². The third-order valence-corrected chi connectivity index (χ3v) is 5.81. The Morgan fingerprint density at radius 2 is 2.00 bits per heavy atom. The van der Waals surface area contributed by atoms with E-state index in [1.54, 1.807) is 36.8 Å². The monoisotopic (exact) mass is 386 g/mol. The molecule has 0 spiro atoms. The molecule has 6 heteroatoms. The Morgan fingerprint density at radius 1 is 1.26 bits per heavy atom. The van der Waals surface area contributed by atoms with Crippen LogP contribution in [-0.4, -0.2) is 18.0 Å². The maximum Gasteiger partial charge on any atom is 0.338 e. The lowest BCUT2D eigenvalue weighted by atomic mass is 9.67. The number of esters is 2. The van der Waals surface area contributed by atoms with Crippen LogP contribution in [0.15, 0.2) is 58.4 Å². The van der Waals surface area contributed by atoms with Crippen molar-refractivity contribution in [1.82, 2.24) is 0 Å². The number of carbonyl (C=O) groups excluding carboxylic acids is 2. The van der Waals surface area contributed by atoms with Crippen molar-refractivity contribution in [1.29, 1.82) is 0 Å². The summed E-state index contributed by atoms with van der Waals surface area (Å²) < 4.78 is 16.5. The summed E-state index contributed by atoms with van der Waals surface area (Å²) in [4.78, 5) is 25.1. The summed E-state index contributed by atoms with van der Waals surface area (Å²) in [5.74, 6) is -0.786. The highest BCUT2D eigenvalue weighted by molar-refractivity contribution is 6.30. The van der Waals surface area contributed by atoms with E-state index in [9.17, 15) is 9.59 Å². The first-order valence-corrected chi connectivity index (χ1v) is 9.19. The zero-order chi connectivity index (χ0) is 19.2. The number of furan rings is 1. The van der Waals surface area contributed by atoms with E-state index in [1.165, 1.54) is 0 Å². The molecule has 0 amide bonds. The van der Waals surface area contributed by atoms with Gasteiger partial charge in [-0.05, 0) is 55.7 Å². The first-order chi connectivity index (χ1) is 12.9. The molecule has 140 valence electrons. The Hall–Kier alpha value is -2.53. The molecule has 2 aliphatic rings. The lowest BCUT2D eigenvalue weighted by molar-refractivity contribution is -0.140. The molecule has 0 saturated carbocycles. The van der Waals surface area contributed by atoms with Crippen LogP contribution in [0.25, 0.3) is 0 Å². The maximum atomic E-state index is 12.6. The Bertz CT molecular complexity index is 913. The van der Waals surface area contributed by atoms with Crippen LogP contribution in [0, 0.1) is 5.41 Å². The van der Waals surface area contributed by atoms with Gasteiger partial charge in [0.15, 0.2) is 0 Å². The van der Waals surface area contributed by atoms with E-state index in [1.807, 2.05) is 19.9 Å². The number of fused-ring (bicyclic) bond motifs is 1. The largest absolute Gasteiger partial charge is 0.472 e. The van der Waals surface area contributed by atoms with E-state index in [4.69, 9.17) is 25.5 Å². The predicted octanol–water partition coefficient (Wildman–Crippen LogP) is 4.87. The van der Waals surface area contributed by atoms with Gasteiger partial charge in [0.05, 0.1) is 18.1 Å². The second-order valence-corrected chi connectivity index (χ2v) is 7.69. The van der Waals surface area contributed by atoms with Crippen molar-refractivity contribution < 1.29 is 23.5 Å². The summed E-state index contributed by atoms with van der Waals surface area (Å²) in [5.41, 5.74) is 2.16. The zero-order valence-corrected chi connectivity index (χ0v) is 15.8. The summed E-state index contributed by atoms with van der Waals surface area (Å²) >= 11 is 5.86. The number of carbonyl (C=O) groups is 2. The van der Waals surface area contributed by atoms with E-state index in [0.29, 0.717) is 29.0 Å².